The Morgan fingerprint density at radius 1 is 1.24 bits per heavy atom. The Morgan fingerprint density at radius 3 is 2.29 bits per heavy atom. The Morgan fingerprint density at radius 2 is 1.82 bits per heavy atom. The van der Waals surface area contributed by atoms with Crippen molar-refractivity contribution in [3.63, 3.8) is 0 Å². The molecule has 4 heteroatoms. The number of likely N-dealkylation sites (N-methyl/N-ethyl adjacent to an activating group) is 1. The second-order valence-electron chi connectivity index (χ2n) is 3.91. The van der Waals surface area contributed by atoms with Crippen LogP contribution in [0.4, 0.5) is 5.69 Å². The summed E-state index contributed by atoms with van der Waals surface area (Å²) in [5.41, 5.74) is 7.39. The van der Waals surface area contributed by atoms with Crippen molar-refractivity contribution in [2.75, 3.05) is 25.0 Å². The summed E-state index contributed by atoms with van der Waals surface area (Å²) in [6.07, 6.45) is 0. The van der Waals surface area contributed by atoms with Gasteiger partial charge in [-0.2, -0.15) is 0 Å². The molecule has 1 aromatic carbocycles. The lowest BCUT2D eigenvalue weighted by atomic mass is 10.2. The van der Waals surface area contributed by atoms with Crippen molar-refractivity contribution in [1.82, 2.24) is 4.90 Å². The summed E-state index contributed by atoms with van der Waals surface area (Å²) < 4.78 is 0. The van der Waals surface area contributed by atoms with Crippen molar-refractivity contribution in [2.45, 2.75) is 20.4 Å². The Balaban J connectivity index is 2.49. The van der Waals surface area contributed by atoms with Gasteiger partial charge in [-0.3, -0.25) is 9.69 Å². The molecule has 0 fully saturated rings. The van der Waals surface area contributed by atoms with E-state index in [1.807, 2.05) is 38.1 Å². The first-order valence-electron chi connectivity index (χ1n) is 6.00. The smallest absolute Gasteiger partial charge is 0.238 e. The van der Waals surface area contributed by atoms with Crippen LogP contribution in [-0.2, 0) is 11.3 Å². The van der Waals surface area contributed by atoms with Gasteiger partial charge >= 0.3 is 0 Å². The second-order valence-corrected chi connectivity index (χ2v) is 3.91. The summed E-state index contributed by atoms with van der Waals surface area (Å²) in [5, 5.41) is 2.87. The highest BCUT2D eigenvalue weighted by Crippen LogP contribution is 2.08. The van der Waals surface area contributed by atoms with Gasteiger partial charge in [0.2, 0.25) is 5.91 Å². The van der Waals surface area contributed by atoms with Crippen LogP contribution in [0.2, 0.25) is 0 Å². The minimum atomic E-state index is 0.0224. The monoisotopic (exact) mass is 235 g/mol. The molecule has 0 aliphatic heterocycles. The van der Waals surface area contributed by atoms with E-state index in [4.69, 9.17) is 5.73 Å². The van der Waals surface area contributed by atoms with Crippen molar-refractivity contribution >= 4 is 11.6 Å². The minimum Gasteiger partial charge on any atom is -0.326 e. The summed E-state index contributed by atoms with van der Waals surface area (Å²) in [6, 6.07) is 7.60. The van der Waals surface area contributed by atoms with Gasteiger partial charge in [0.25, 0.3) is 0 Å². The van der Waals surface area contributed by atoms with Gasteiger partial charge in [0.15, 0.2) is 0 Å². The van der Waals surface area contributed by atoms with Gasteiger partial charge in [0, 0.05) is 12.2 Å². The lowest BCUT2D eigenvalue weighted by Gasteiger charge is -2.17. The topological polar surface area (TPSA) is 58.4 Å². The largest absolute Gasteiger partial charge is 0.326 e. The lowest BCUT2D eigenvalue weighted by Crippen LogP contribution is -2.32. The van der Waals surface area contributed by atoms with Crippen molar-refractivity contribution in [3.05, 3.63) is 29.8 Å². The third-order valence-corrected chi connectivity index (χ3v) is 2.74. The number of carbonyl (C=O) groups is 1. The molecule has 0 bridgehead atoms. The summed E-state index contributed by atoms with van der Waals surface area (Å²) in [5.74, 6) is 0.0224. The number of carbonyl (C=O) groups excluding carboxylic acids is 1. The third kappa shape index (κ3) is 4.54. The molecule has 17 heavy (non-hydrogen) atoms. The van der Waals surface area contributed by atoms with Gasteiger partial charge in [-0.1, -0.05) is 26.0 Å². The van der Waals surface area contributed by atoms with Gasteiger partial charge < -0.3 is 11.1 Å². The summed E-state index contributed by atoms with van der Waals surface area (Å²) >= 11 is 0. The number of nitrogens with two attached hydrogens (primary N) is 1. The maximum absolute atomic E-state index is 11.7. The number of benzene rings is 1. The second kappa shape index (κ2) is 7.04. The maximum Gasteiger partial charge on any atom is 0.238 e. The minimum absolute atomic E-state index is 0.0224. The zero-order valence-electron chi connectivity index (χ0n) is 10.6. The number of hydrogen-bond acceptors (Lipinski definition) is 3. The Kier molecular flexibility index (Phi) is 5.66. The molecule has 94 valence electrons. The standard InChI is InChI=1S/C13H21N3O/c1-3-16(4-2)10-13(17)15-12-7-5-11(9-14)6-8-12/h5-8H,3-4,9-10,14H2,1-2H3,(H,15,17). The van der Waals surface area contributed by atoms with Crippen LogP contribution in [0, 0.1) is 0 Å². The molecule has 4 nitrogen and oxygen atoms in total. The number of hydrogen-bond donors (Lipinski definition) is 2. The average Bonchev–Trinajstić information content (AvgIpc) is 2.37. The highest BCUT2D eigenvalue weighted by atomic mass is 16.2. The van der Waals surface area contributed by atoms with Crippen molar-refractivity contribution in [3.8, 4) is 0 Å². The number of nitrogens with one attached hydrogen (secondary N) is 1. The van der Waals surface area contributed by atoms with E-state index in [9.17, 15) is 4.79 Å². The van der Waals surface area contributed by atoms with E-state index < -0.39 is 0 Å². The number of rotatable bonds is 6. The molecule has 1 amide bonds. The van der Waals surface area contributed by atoms with E-state index in [0.29, 0.717) is 13.1 Å². The first kappa shape index (κ1) is 13.7. The van der Waals surface area contributed by atoms with Gasteiger partial charge in [0.05, 0.1) is 6.54 Å². The molecule has 0 aromatic heterocycles. The Labute approximate surface area is 103 Å². The van der Waals surface area contributed by atoms with Crippen LogP contribution in [0.1, 0.15) is 19.4 Å². The fraction of sp³-hybridized carbons (Fsp3) is 0.462. The molecule has 0 radical (unpaired) electrons. The van der Waals surface area contributed by atoms with Crippen molar-refractivity contribution in [1.29, 1.82) is 0 Å². The van der Waals surface area contributed by atoms with Gasteiger partial charge in [-0.15, -0.1) is 0 Å². The number of amides is 1. The normalized spacial score (nSPS) is 10.6. The van der Waals surface area contributed by atoms with E-state index >= 15 is 0 Å². The van der Waals surface area contributed by atoms with Crippen LogP contribution in [0.25, 0.3) is 0 Å². The molecular weight excluding hydrogens is 214 g/mol. The molecule has 0 spiro atoms. The molecule has 0 aliphatic rings. The number of anilines is 1. The summed E-state index contributed by atoms with van der Waals surface area (Å²) in [4.78, 5) is 13.8. The molecule has 0 aliphatic carbocycles. The number of nitrogens with zero attached hydrogens (tertiary/aromatic N) is 1. The molecule has 3 N–H and O–H groups in total. The third-order valence-electron chi connectivity index (χ3n) is 2.74. The molecule has 1 rings (SSSR count). The van der Waals surface area contributed by atoms with Crippen LogP contribution in [0.3, 0.4) is 0 Å². The molecule has 0 unspecified atom stereocenters. The van der Waals surface area contributed by atoms with E-state index in [0.717, 1.165) is 24.3 Å². The van der Waals surface area contributed by atoms with Crippen LogP contribution in [-0.4, -0.2) is 30.4 Å². The molecular formula is C13H21N3O. The highest BCUT2D eigenvalue weighted by molar-refractivity contribution is 5.92. The summed E-state index contributed by atoms with van der Waals surface area (Å²) in [6.45, 7) is 6.82. The van der Waals surface area contributed by atoms with E-state index in [-0.39, 0.29) is 5.91 Å². The molecule has 0 heterocycles. The van der Waals surface area contributed by atoms with E-state index in [1.165, 1.54) is 0 Å². The Bertz CT molecular complexity index is 344. The average molecular weight is 235 g/mol. The SMILES string of the molecule is CCN(CC)CC(=O)Nc1ccc(CN)cc1. The molecule has 0 atom stereocenters. The predicted molar refractivity (Wildman–Crippen MR) is 70.8 cm³/mol. The zero-order valence-corrected chi connectivity index (χ0v) is 10.6. The van der Waals surface area contributed by atoms with Crippen LogP contribution >= 0.6 is 0 Å². The van der Waals surface area contributed by atoms with Crippen molar-refractivity contribution in [2.24, 2.45) is 5.73 Å². The maximum atomic E-state index is 11.7. The first-order chi connectivity index (χ1) is 8.19. The van der Waals surface area contributed by atoms with Gasteiger partial charge in [0.1, 0.15) is 0 Å². The predicted octanol–water partition coefficient (Wildman–Crippen LogP) is 1.43. The van der Waals surface area contributed by atoms with E-state index in [1.54, 1.807) is 0 Å². The van der Waals surface area contributed by atoms with Crippen LogP contribution in [0.5, 0.6) is 0 Å². The van der Waals surface area contributed by atoms with Crippen LogP contribution in [0.15, 0.2) is 24.3 Å². The zero-order chi connectivity index (χ0) is 12.7. The van der Waals surface area contributed by atoms with Gasteiger partial charge in [-0.25, -0.2) is 0 Å². The van der Waals surface area contributed by atoms with Crippen molar-refractivity contribution < 1.29 is 4.79 Å². The highest BCUT2D eigenvalue weighted by Gasteiger charge is 2.07. The van der Waals surface area contributed by atoms with Gasteiger partial charge in [-0.05, 0) is 30.8 Å². The fourth-order valence-corrected chi connectivity index (χ4v) is 1.57. The Hall–Kier alpha value is -1.39. The summed E-state index contributed by atoms with van der Waals surface area (Å²) in [7, 11) is 0. The fourth-order valence-electron chi connectivity index (χ4n) is 1.57. The van der Waals surface area contributed by atoms with E-state index in [2.05, 4.69) is 10.2 Å². The molecule has 0 saturated carbocycles. The quantitative estimate of drug-likeness (QED) is 0.784. The first-order valence-corrected chi connectivity index (χ1v) is 6.00. The molecule has 1 aromatic rings. The lowest BCUT2D eigenvalue weighted by molar-refractivity contribution is -0.117. The van der Waals surface area contributed by atoms with Crippen LogP contribution < -0.4 is 11.1 Å². The molecule has 0 saturated heterocycles.